The molecule has 0 aliphatic heterocycles. The third-order valence-corrected chi connectivity index (χ3v) is 7.44. The molecule has 21 heteroatoms. The molecule has 0 fully saturated rings. The molecule has 0 saturated carbocycles. The Morgan fingerprint density at radius 1 is 0.653 bits per heavy atom. The summed E-state index contributed by atoms with van der Waals surface area (Å²) in [4.78, 5) is 46.0. The summed E-state index contributed by atoms with van der Waals surface area (Å²) < 4.78 is 188. The molecule has 8 nitrogen and oxygen atoms in total. The van der Waals surface area contributed by atoms with E-state index in [2.05, 4.69) is 34.9 Å². The first-order chi connectivity index (χ1) is 21.9. The summed E-state index contributed by atoms with van der Waals surface area (Å²) in [5.41, 5.74) is -1.29. The maximum Gasteiger partial charge on any atom is 0.384 e. The van der Waals surface area contributed by atoms with Crippen molar-refractivity contribution < 1.29 is 90.8 Å². The Morgan fingerprint density at radius 2 is 1.06 bits per heavy atom. The third kappa shape index (κ3) is 9.50. The Bertz CT molecular complexity index is 1340. The van der Waals surface area contributed by atoms with E-state index in [-0.39, 0.29) is 6.42 Å². The number of alkyl halides is 13. The Kier molecular flexibility index (Phi) is 13.7. The minimum Gasteiger partial charge on any atom is -0.459 e. The van der Waals surface area contributed by atoms with E-state index >= 15 is 0 Å². The van der Waals surface area contributed by atoms with Gasteiger partial charge in [-0.25, -0.2) is 9.59 Å². The number of benzene rings is 1. The van der Waals surface area contributed by atoms with Crippen molar-refractivity contribution in [3.8, 4) is 0 Å². The predicted molar refractivity (Wildman–Crippen MR) is 145 cm³/mol. The van der Waals surface area contributed by atoms with E-state index in [1.54, 1.807) is 30.3 Å². The number of hydrogen-bond donors (Lipinski definition) is 0. The number of hydrogen-bond acceptors (Lipinski definition) is 8. The van der Waals surface area contributed by atoms with Crippen LogP contribution in [0.3, 0.4) is 0 Å². The number of ether oxygens (including phenoxy) is 4. The molecule has 0 amide bonds. The largest absolute Gasteiger partial charge is 0.459 e. The molecular formula is C28H29BrF12O8. The van der Waals surface area contributed by atoms with Gasteiger partial charge in [-0.2, -0.15) is 52.7 Å². The van der Waals surface area contributed by atoms with E-state index in [0.29, 0.717) is 12.5 Å². The highest BCUT2D eigenvalue weighted by atomic mass is 79.9. The van der Waals surface area contributed by atoms with Crippen LogP contribution in [-0.4, -0.2) is 84.8 Å². The number of rotatable bonds is 17. The molecule has 0 N–H and O–H groups in total. The van der Waals surface area contributed by atoms with E-state index in [1.807, 2.05) is 0 Å². The van der Waals surface area contributed by atoms with Crippen molar-refractivity contribution in [2.45, 2.75) is 93.6 Å². The summed E-state index contributed by atoms with van der Waals surface area (Å²) in [6, 6.07) is 7.91. The summed E-state index contributed by atoms with van der Waals surface area (Å²) in [6.45, 7) is -1.92. The van der Waals surface area contributed by atoms with Crippen molar-refractivity contribution >= 4 is 39.8 Å². The normalized spacial score (nSPS) is 15.5. The lowest BCUT2D eigenvalue weighted by atomic mass is 9.86. The fourth-order valence-electron chi connectivity index (χ4n) is 3.59. The minimum absolute atomic E-state index is 0.285. The topological polar surface area (TPSA) is 105 Å². The van der Waals surface area contributed by atoms with Crippen molar-refractivity contribution in [3.63, 3.8) is 0 Å². The zero-order valence-corrected chi connectivity index (χ0v) is 27.5. The maximum atomic E-state index is 14.3. The molecule has 0 saturated heterocycles. The van der Waals surface area contributed by atoms with E-state index in [4.69, 9.17) is 0 Å². The summed E-state index contributed by atoms with van der Waals surface area (Å²) >= 11 is 3.19. The van der Waals surface area contributed by atoms with E-state index in [1.165, 1.54) is 0 Å². The van der Waals surface area contributed by atoms with Gasteiger partial charge in [0.15, 0.2) is 25.4 Å². The van der Waals surface area contributed by atoms with Crippen LogP contribution in [0.4, 0.5) is 52.7 Å². The number of esters is 4. The highest BCUT2D eigenvalue weighted by Crippen LogP contribution is 2.60. The van der Waals surface area contributed by atoms with Gasteiger partial charge in [0, 0.05) is 11.8 Å². The highest BCUT2D eigenvalue weighted by Gasteiger charge is 2.90. The van der Waals surface area contributed by atoms with Crippen LogP contribution in [0.5, 0.6) is 0 Å². The van der Waals surface area contributed by atoms with Crippen LogP contribution >= 0.6 is 15.9 Å². The molecule has 3 atom stereocenters. The van der Waals surface area contributed by atoms with Gasteiger partial charge in [-0.1, -0.05) is 46.3 Å². The molecule has 0 heterocycles. The summed E-state index contributed by atoms with van der Waals surface area (Å²) in [6.07, 6.45) is -4.30. The molecular weight excluding hydrogens is 772 g/mol. The fraction of sp³-hybridized carbons (Fsp3) is 0.643. The zero-order valence-electron chi connectivity index (χ0n) is 25.9. The Hall–Kier alpha value is -3.26. The summed E-state index contributed by atoms with van der Waals surface area (Å²) in [5, 5.41) is 0. The lowest BCUT2D eigenvalue weighted by Gasteiger charge is -2.41. The average molecular weight is 801 g/mol. The second-order valence-corrected chi connectivity index (χ2v) is 12.3. The molecule has 1 rings (SSSR count). The molecule has 49 heavy (non-hydrogen) atoms. The van der Waals surface area contributed by atoms with Crippen LogP contribution in [0, 0.1) is 5.41 Å². The first-order valence-corrected chi connectivity index (χ1v) is 14.5. The molecule has 3 unspecified atom stereocenters. The lowest BCUT2D eigenvalue weighted by molar-refractivity contribution is -0.428. The SMILES string of the molecule is CC(=O)OC(C)C(=O)OC(C)C(=O)OCC(F)(F)C(F)(F)C(F)(F)C(F)(F)C(F)(F)C(F)(F)COC(=O)C(C)(C)CC(Br)c1ccccc1. The molecule has 0 aromatic heterocycles. The van der Waals surface area contributed by atoms with Gasteiger partial charge in [-0.15, -0.1) is 0 Å². The fourth-order valence-corrected chi connectivity index (χ4v) is 4.71. The molecule has 0 radical (unpaired) electrons. The quantitative estimate of drug-likeness (QED) is 0.0699. The summed E-state index contributed by atoms with van der Waals surface area (Å²) in [5.74, 6) is -50.9. The van der Waals surface area contributed by atoms with Crippen LogP contribution < -0.4 is 0 Å². The first kappa shape index (κ1) is 43.8. The van der Waals surface area contributed by atoms with Crippen molar-refractivity contribution in [1.29, 1.82) is 0 Å². The van der Waals surface area contributed by atoms with Gasteiger partial charge in [0.05, 0.1) is 5.41 Å². The highest BCUT2D eigenvalue weighted by molar-refractivity contribution is 9.09. The van der Waals surface area contributed by atoms with Crippen molar-refractivity contribution in [2.75, 3.05) is 13.2 Å². The minimum atomic E-state index is -8.00. The smallest absolute Gasteiger partial charge is 0.384 e. The van der Waals surface area contributed by atoms with E-state index < -0.39 is 95.1 Å². The molecule has 0 bridgehead atoms. The first-order valence-electron chi connectivity index (χ1n) is 13.6. The monoisotopic (exact) mass is 800 g/mol. The Morgan fingerprint density at radius 3 is 1.49 bits per heavy atom. The van der Waals surface area contributed by atoms with Crippen LogP contribution in [0.25, 0.3) is 0 Å². The standard InChI is InChI=1S/C28H29BrF12O8/c1-14(49-20(44)15(2)48-16(3)42)19(43)46-12-23(30,31)25(34,35)27(38,39)28(40,41)26(36,37)24(32,33)13-47-21(45)22(4,5)11-18(29)17-9-7-6-8-10-17/h6-10,14-15,18H,11-13H2,1-5H3. The second kappa shape index (κ2) is 15.3. The van der Waals surface area contributed by atoms with Gasteiger partial charge in [0.2, 0.25) is 0 Å². The number of halogens is 13. The average Bonchev–Trinajstić information content (AvgIpc) is 2.97. The number of carbonyl (C=O) groups is 4. The molecule has 0 aliphatic carbocycles. The molecule has 1 aromatic rings. The van der Waals surface area contributed by atoms with Gasteiger partial charge < -0.3 is 18.9 Å². The van der Waals surface area contributed by atoms with Crippen molar-refractivity contribution in [3.05, 3.63) is 35.9 Å². The van der Waals surface area contributed by atoms with Crippen molar-refractivity contribution in [1.82, 2.24) is 0 Å². The van der Waals surface area contributed by atoms with Crippen molar-refractivity contribution in [2.24, 2.45) is 5.41 Å². The molecule has 0 aliphatic rings. The van der Waals surface area contributed by atoms with Gasteiger partial charge in [0.1, 0.15) is 0 Å². The maximum absolute atomic E-state index is 14.3. The lowest BCUT2D eigenvalue weighted by Crippen LogP contribution is -2.71. The molecule has 280 valence electrons. The van der Waals surface area contributed by atoms with Crippen LogP contribution in [0.1, 0.15) is 51.4 Å². The Labute approximate surface area is 278 Å². The van der Waals surface area contributed by atoms with Gasteiger partial charge in [0.25, 0.3) is 0 Å². The predicted octanol–water partition coefficient (Wildman–Crippen LogP) is 7.32. The van der Waals surface area contributed by atoms with E-state index in [0.717, 1.165) is 27.7 Å². The van der Waals surface area contributed by atoms with Gasteiger partial charge in [-0.05, 0) is 39.7 Å². The zero-order chi connectivity index (χ0) is 38.6. The van der Waals surface area contributed by atoms with E-state index in [9.17, 15) is 71.9 Å². The third-order valence-electron chi connectivity index (χ3n) is 6.58. The van der Waals surface area contributed by atoms with Gasteiger partial charge in [-0.3, -0.25) is 9.59 Å². The Balaban J connectivity index is 3.11. The number of carbonyl (C=O) groups excluding carboxylic acids is 4. The van der Waals surface area contributed by atoms with Crippen LogP contribution in [0.15, 0.2) is 30.3 Å². The van der Waals surface area contributed by atoms with Crippen LogP contribution in [0.2, 0.25) is 0 Å². The van der Waals surface area contributed by atoms with Crippen LogP contribution in [-0.2, 0) is 38.1 Å². The summed E-state index contributed by atoms with van der Waals surface area (Å²) in [7, 11) is 0. The molecule has 0 spiro atoms. The molecule has 1 aromatic carbocycles. The second-order valence-electron chi connectivity index (χ2n) is 11.2. The van der Waals surface area contributed by atoms with Gasteiger partial charge >= 0.3 is 59.4 Å².